The Morgan fingerprint density at radius 3 is 2.50 bits per heavy atom. The molecule has 2 fully saturated rings. The summed E-state index contributed by atoms with van der Waals surface area (Å²) in [6.07, 6.45) is 5.16. The van der Waals surface area contributed by atoms with Gasteiger partial charge in [-0.05, 0) is 23.8 Å². The van der Waals surface area contributed by atoms with Gasteiger partial charge >= 0.3 is 0 Å². The van der Waals surface area contributed by atoms with Crippen molar-refractivity contribution in [1.82, 2.24) is 24.8 Å². The highest BCUT2D eigenvalue weighted by atomic mass is 15.3. The Labute approximate surface area is 143 Å². The van der Waals surface area contributed by atoms with Crippen LogP contribution in [0.15, 0.2) is 31.0 Å². The third-order valence-electron chi connectivity index (χ3n) is 5.18. The van der Waals surface area contributed by atoms with Crippen molar-refractivity contribution in [2.75, 3.05) is 31.1 Å². The summed E-state index contributed by atoms with van der Waals surface area (Å²) >= 11 is 0. The minimum atomic E-state index is 0.442. The Bertz CT molecular complexity index is 675. The van der Waals surface area contributed by atoms with Gasteiger partial charge in [-0.3, -0.25) is 4.90 Å². The molecule has 2 aromatic rings. The van der Waals surface area contributed by atoms with Crippen molar-refractivity contribution in [3.63, 3.8) is 0 Å². The van der Waals surface area contributed by atoms with Crippen LogP contribution >= 0.6 is 0 Å². The Balaban J connectivity index is 1.38. The fourth-order valence-corrected chi connectivity index (χ4v) is 3.90. The fraction of sp³-hybridized carbons (Fsp3) is 0.556. The molecular weight excluding hydrogens is 300 g/mol. The summed E-state index contributed by atoms with van der Waals surface area (Å²) in [5.41, 5.74) is 2.24. The lowest BCUT2D eigenvalue weighted by Crippen LogP contribution is -2.29. The SMILES string of the molecule is CC(C)c1cc(N2CC3CN(Cc4ccncn4)CC3C2)ncn1. The van der Waals surface area contributed by atoms with Crippen LogP contribution in [-0.4, -0.2) is 51.0 Å². The van der Waals surface area contributed by atoms with Crippen molar-refractivity contribution in [2.45, 2.75) is 26.3 Å². The van der Waals surface area contributed by atoms with Crippen molar-refractivity contribution in [1.29, 1.82) is 0 Å². The van der Waals surface area contributed by atoms with E-state index in [2.05, 4.69) is 49.6 Å². The summed E-state index contributed by atoms with van der Waals surface area (Å²) in [4.78, 5) is 22.2. The number of anilines is 1. The molecular formula is C18H24N6. The largest absolute Gasteiger partial charge is 0.356 e. The van der Waals surface area contributed by atoms with E-state index in [9.17, 15) is 0 Å². The van der Waals surface area contributed by atoms with Crippen molar-refractivity contribution >= 4 is 5.82 Å². The van der Waals surface area contributed by atoms with Crippen LogP contribution in [-0.2, 0) is 6.54 Å². The minimum Gasteiger partial charge on any atom is -0.356 e. The molecule has 6 heteroatoms. The van der Waals surface area contributed by atoms with Crippen molar-refractivity contribution < 1.29 is 0 Å². The average molecular weight is 324 g/mol. The molecule has 126 valence electrons. The number of likely N-dealkylation sites (tertiary alicyclic amines) is 1. The lowest BCUT2D eigenvalue weighted by atomic mass is 10.0. The summed E-state index contributed by atoms with van der Waals surface area (Å²) in [5, 5.41) is 0. The summed E-state index contributed by atoms with van der Waals surface area (Å²) in [7, 11) is 0. The first-order chi connectivity index (χ1) is 11.7. The highest BCUT2D eigenvalue weighted by Gasteiger charge is 2.40. The van der Waals surface area contributed by atoms with Crippen LogP contribution in [0.1, 0.15) is 31.2 Å². The summed E-state index contributed by atoms with van der Waals surface area (Å²) in [6, 6.07) is 4.17. The summed E-state index contributed by atoms with van der Waals surface area (Å²) < 4.78 is 0. The first-order valence-corrected chi connectivity index (χ1v) is 8.73. The van der Waals surface area contributed by atoms with Gasteiger partial charge in [0.05, 0.1) is 5.69 Å². The Morgan fingerprint density at radius 2 is 1.83 bits per heavy atom. The van der Waals surface area contributed by atoms with E-state index in [0.29, 0.717) is 5.92 Å². The maximum absolute atomic E-state index is 4.50. The zero-order chi connectivity index (χ0) is 16.5. The van der Waals surface area contributed by atoms with Crippen molar-refractivity contribution in [3.05, 3.63) is 42.4 Å². The van der Waals surface area contributed by atoms with Crippen LogP contribution in [0.25, 0.3) is 0 Å². The topological polar surface area (TPSA) is 58.0 Å². The van der Waals surface area contributed by atoms with Gasteiger partial charge in [-0.2, -0.15) is 0 Å². The molecule has 2 saturated heterocycles. The molecule has 6 nitrogen and oxygen atoms in total. The van der Waals surface area contributed by atoms with Gasteiger partial charge in [-0.25, -0.2) is 19.9 Å². The highest BCUT2D eigenvalue weighted by Crippen LogP contribution is 2.34. The molecule has 0 bridgehead atoms. The molecule has 2 aliphatic rings. The average Bonchev–Trinajstić information content (AvgIpc) is 3.14. The molecule has 0 aliphatic carbocycles. The molecule has 0 spiro atoms. The minimum absolute atomic E-state index is 0.442. The molecule has 2 aliphatic heterocycles. The number of aromatic nitrogens is 4. The van der Waals surface area contributed by atoms with E-state index < -0.39 is 0 Å². The highest BCUT2D eigenvalue weighted by molar-refractivity contribution is 5.41. The van der Waals surface area contributed by atoms with Crippen LogP contribution in [0, 0.1) is 11.8 Å². The third kappa shape index (κ3) is 3.11. The molecule has 2 aromatic heterocycles. The standard InChI is InChI=1S/C18H24N6/c1-13(2)17-5-18(22-12-21-17)24-8-14-6-23(7-15(14)9-24)10-16-3-4-19-11-20-16/h3-5,11-15H,6-10H2,1-2H3. The number of fused-ring (bicyclic) bond motifs is 1. The molecule has 4 rings (SSSR count). The molecule has 0 aromatic carbocycles. The van der Waals surface area contributed by atoms with E-state index in [-0.39, 0.29) is 0 Å². The van der Waals surface area contributed by atoms with E-state index >= 15 is 0 Å². The van der Waals surface area contributed by atoms with E-state index in [0.717, 1.165) is 61.8 Å². The first-order valence-electron chi connectivity index (χ1n) is 8.73. The Kier molecular flexibility index (Phi) is 4.14. The van der Waals surface area contributed by atoms with Crippen LogP contribution < -0.4 is 4.90 Å². The van der Waals surface area contributed by atoms with Gasteiger partial charge in [0, 0.05) is 50.7 Å². The molecule has 0 N–H and O–H groups in total. The number of hydrogen-bond acceptors (Lipinski definition) is 6. The van der Waals surface area contributed by atoms with E-state index in [4.69, 9.17) is 0 Å². The van der Waals surface area contributed by atoms with Gasteiger partial charge in [-0.1, -0.05) is 13.8 Å². The van der Waals surface area contributed by atoms with E-state index in [1.807, 2.05) is 12.3 Å². The number of hydrogen-bond donors (Lipinski definition) is 0. The van der Waals surface area contributed by atoms with Crippen LogP contribution in [0.2, 0.25) is 0 Å². The summed E-state index contributed by atoms with van der Waals surface area (Å²) in [6.45, 7) is 9.77. The molecule has 0 amide bonds. The quantitative estimate of drug-likeness (QED) is 0.857. The van der Waals surface area contributed by atoms with Crippen LogP contribution in [0.3, 0.4) is 0 Å². The van der Waals surface area contributed by atoms with Crippen LogP contribution in [0.4, 0.5) is 5.82 Å². The fourth-order valence-electron chi connectivity index (χ4n) is 3.90. The van der Waals surface area contributed by atoms with Gasteiger partial charge in [0.1, 0.15) is 18.5 Å². The third-order valence-corrected chi connectivity index (χ3v) is 5.18. The van der Waals surface area contributed by atoms with Crippen molar-refractivity contribution in [3.8, 4) is 0 Å². The summed E-state index contributed by atoms with van der Waals surface area (Å²) in [5.74, 6) is 2.98. The van der Waals surface area contributed by atoms with E-state index in [1.165, 1.54) is 0 Å². The van der Waals surface area contributed by atoms with Crippen LogP contribution in [0.5, 0.6) is 0 Å². The number of nitrogens with zero attached hydrogens (tertiary/aromatic N) is 6. The molecule has 2 atom stereocenters. The van der Waals surface area contributed by atoms with E-state index in [1.54, 1.807) is 12.7 Å². The predicted octanol–water partition coefficient (Wildman–Crippen LogP) is 1.96. The lowest BCUT2D eigenvalue weighted by Gasteiger charge is -2.22. The first kappa shape index (κ1) is 15.4. The predicted molar refractivity (Wildman–Crippen MR) is 92.6 cm³/mol. The second-order valence-electron chi connectivity index (χ2n) is 7.28. The second kappa shape index (κ2) is 6.43. The zero-order valence-electron chi connectivity index (χ0n) is 14.3. The van der Waals surface area contributed by atoms with Crippen molar-refractivity contribution in [2.24, 2.45) is 11.8 Å². The second-order valence-corrected chi connectivity index (χ2v) is 7.28. The molecule has 0 saturated carbocycles. The van der Waals surface area contributed by atoms with Gasteiger partial charge in [0.15, 0.2) is 0 Å². The molecule has 0 radical (unpaired) electrons. The smallest absolute Gasteiger partial charge is 0.132 e. The van der Waals surface area contributed by atoms with Gasteiger partial charge in [0.25, 0.3) is 0 Å². The molecule has 24 heavy (non-hydrogen) atoms. The molecule has 2 unspecified atom stereocenters. The maximum atomic E-state index is 4.50. The maximum Gasteiger partial charge on any atom is 0.132 e. The number of rotatable bonds is 4. The zero-order valence-corrected chi connectivity index (χ0v) is 14.3. The monoisotopic (exact) mass is 324 g/mol. The Hall–Kier alpha value is -2.08. The van der Waals surface area contributed by atoms with Gasteiger partial charge < -0.3 is 4.90 Å². The Morgan fingerprint density at radius 1 is 1.04 bits per heavy atom. The lowest BCUT2D eigenvalue weighted by molar-refractivity contribution is 0.305. The van der Waals surface area contributed by atoms with Gasteiger partial charge in [-0.15, -0.1) is 0 Å². The molecule has 4 heterocycles. The normalized spacial score (nSPS) is 23.9. The van der Waals surface area contributed by atoms with Gasteiger partial charge in [0.2, 0.25) is 0 Å².